The molecule has 0 aliphatic heterocycles. The second-order valence-corrected chi connectivity index (χ2v) is 5.30. The van der Waals surface area contributed by atoms with Crippen LogP contribution in [0.4, 0.5) is 20.4 Å². The number of rotatable bonds is 7. The molecule has 0 unspecified atom stereocenters. The van der Waals surface area contributed by atoms with E-state index in [0.29, 0.717) is 24.7 Å². The van der Waals surface area contributed by atoms with Gasteiger partial charge in [-0.3, -0.25) is 4.79 Å². The molecule has 0 aliphatic carbocycles. The lowest BCUT2D eigenvalue weighted by Gasteiger charge is -2.19. The Balaban J connectivity index is 2.16. The maximum absolute atomic E-state index is 12.4. The number of hydrogen-bond acceptors (Lipinski definition) is 5. The molecule has 1 aromatic heterocycles. The van der Waals surface area contributed by atoms with Crippen LogP contribution in [0, 0.1) is 0 Å². The van der Waals surface area contributed by atoms with Gasteiger partial charge < -0.3 is 15.0 Å². The van der Waals surface area contributed by atoms with Gasteiger partial charge in [0, 0.05) is 18.8 Å². The molecule has 25 heavy (non-hydrogen) atoms. The summed E-state index contributed by atoms with van der Waals surface area (Å²) in [4.78, 5) is 22.6. The van der Waals surface area contributed by atoms with Crippen molar-refractivity contribution in [2.45, 2.75) is 20.5 Å². The van der Waals surface area contributed by atoms with E-state index in [4.69, 9.17) is 11.6 Å². The Morgan fingerprint density at radius 1 is 1.28 bits per heavy atom. The first-order chi connectivity index (χ1) is 11.9. The second-order valence-electron chi connectivity index (χ2n) is 4.90. The number of aromatic nitrogens is 2. The predicted octanol–water partition coefficient (Wildman–Crippen LogP) is 3.83. The van der Waals surface area contributed by atoms with Gasteiger partial charge in [0.25, 0.3) is 5.91 Å². The SMILES string of the molecule is CCN(CC)c1ncc(Cl)c(C(=O)Nc2ccc(OC(F)F)cc2)n1. The maximum Gasteiger partial charge on any atom is 0.387 e. The highest BCUT2D eigenvalue weighted by Gasteiger charge is 2.16. The number of nitrogens with one attached hydrogen (secondary N) is 1. The number of alkyl halides is 2. The molecule has 0 radical (unpaired) electrons. The minimum Gasteiger partial charge on any atom is -0.435 e. The molecule has 0 atom stereocenters. The van der Waals surface area contributed by atoms with Crippen molar-refractivity contribution in [1.82, 2.24) is 9.97 Å². The molecule has 0 fully saturated rings. The van der Waals surface area contributed by atoms with Gasteiger partial charge in [-0.2, -0.15) is 8.78 Å². The normalized spacial score (nSPS) is 10.6. The molecule has 2 rings (SSSR count). The standard InChI is InChI=1S/C16H17ClF2N4O2/c1-3-23(4-2)16-20-9-12(17)13(22-16)14(24)21-10-5-7-11(8-6-10)25-15(18)19/h5-9,15H,3-4H2,1-2H3,(H,21,24). The van der Waals surface area contributed by atoms with E-state index in [0.717, 1.165) is 0 Å². The number of hydrogen-bond donors (Lipinski definition) is 1. The molecule has 0 saturated heterocycles. The number of halogens is 3. The largest absolute Gasteiger partial charge is 0.435 e. The van der Waals surface area contributed by atoms with Gasteiger partial charge in [-0.15, -0.1) is 0 Å². The van der Waals surface area contributed by atoms with E-state index in [2.05, 4.69) is 20.0 Å². The Labute approximate surface area is 148 Å². The topological polar surface area (TPSA) is 67.4 Å². The molecule has 0 bridgehead atoms. The monoisotopic (exact) mass is 370 g/mol. The number of carbonyl (C=O) groups is 1. The molecule has 1 heterocycles. The first-order valence-electron chi connectivity index (χ1n) is 7.58. The minimum atomic E-state index is -2.90. The zero-order valence-corrected chi connectivity index (χ0v) is 14.4. The minimum absolute atomic E-state index is 0.00288. The van der Waals surface area contributed by atoms with E-state index < -0.39 is 12.5 Å². The summed E-state index contributed by atoms with van der Waals surface area (Å²) in [5, 5.41) is 2.72. The molecular formula is C16H17ClF2N4O2. The molecule has 9 heteroatoms. The Kier molecular flexibility index (Phi) is 6.46. The van der Waals surface area contributed by atoms with Crippen molar-refractivity contribution in [2.75, 3.05) is 23.3 Å². The molecule has 0 aliphatic rings. The van der Waals surface area contributed by atoms with Crippen molar-refractivity contribution in [3.63, 3.8) is 0 Å². The van der Waals surface area contributed by atoms with Gasteiger partial charge in [0.1, 0.15) is 5.75 Å². The maximum atomic E-state index is 12.4. The van der Waals surface area contributed by atoms with E-state index in [-0.39, 0.29) is 16.5 Å². The molecular weight excluding hydrogens is 354 g/mol. The third kappa shape index (κ3) is 4.99. The summed E-state index contributed by atoms with van der Waals surface area (Å²) in [7, 11) is 0. The predicted molar refractivity (Wildman–Crippen MR) is 91.6 cm³/mol. The third-order valence-corrected chi connectivity index (χ3v) is 3.61. The van der Waals surface area contributed by atoms with Crippen LogP contribution in [-0.2, 0) is 0 Å². The zero-order valence-electron chi connectivity index (χ0n) is 13.7. The van der Waals surface area contributed by atoms with Gasteiger partial charge >= 0.3 is 6.61 Å². The average molecular weight is 371 g/mol. The van der Waals surface area contributed by atoms with Crippen molar-refractivity contribution in [3.05, 3.63) is 41.2 Å². The number of amides is 1. The van der Waals surface area contributed by atoms with Crippen LogP contribution >= 0.6 is 11.6 Å². The van der Waals surface area contributed by atoms with Crippen molar-refractivity contribution < 1.29 is 18.3 Å². The fraction of sp³-hybridized carbons (Fsp3) is 0.312. The third-order valence-electron chi connectivity index (χ3n) is 3.33. The molecule has 134 valence electrons. The Hall–Kier alpha value is -2.48. The second kappa shape index (κ2) is 8.57. The van der Waals surface area contributed by atoms with Crippen LogP contribution in [0.1, 0.15) is 24.3 Å². The van der Waals surface area contributed by atoms with E-state index in [1.165, 1.54) is 30.5 Å². The number of benzene rings is 1. The Morgan fingerprint density at radius 3 is 2.48 bits per heavy atom. The molecule has 2 aromatic rings. The number of anilines is 2. The molecule has 1 aromatic carbocycles. The Morgan fingerprint density at radius 2 is 1.92 bits per heavy atom. The fourth-order valence-electron chi connectivity index (χ4n) is 2.09. The Bertz CT molecular complexity index is 725. The highest BCUT2D eigenvalue weighted by atomic mass is 35.5. The summed E-state index contributed by atoms with van der Waals surface area (Å²) in [5.74, 6) is -0.125. The lowest BCUT2D eigenvalue weighted by molar-refractivity contribution is -0.0498. The molecule has 6 nitrogen and oxygen atoms in total. The van der Waals surface area contributed by atoms with Gasteiger partial charge in [-0.05, 0) is 38.1 Å². The highest BCUT2D eigenvalue weighted by Crippen LogP contribution is 2.20. The van der Waals surface area contributed by atoms with Crippen LogP contribution < -0.4 is 15.0 Å². The van der Waals surface area contributed by atoms with Crippen LogP contribution in [-0.4, -0.2) is 35.6 Å². The van der Waals surface area contributed by atoms with Crippen molar-refractivity contribution in [2.24, 2.45) is 0 Å². The van der Waals surface area contributed by atoms with Gasteiger partial charge in [-0.25, -0.2) is 9.97 Å². The first-order valence-corrected chi connectivity index (χ1v) is 7.96. The van der Waals surface area contributed by atoms with Crippen molar-refractivity contribution in [3.8, 4) is 5.75 Å². The van der Waals surface area contributed by atoms with Gasteiger partial charge in [0.15, 0.2) is 5.69 Å². The van der Waals surface area contributed by atoms with Crippen LogP contribution in [0.2, 0.25) is 5.02 Å². The summed E-state index contributed by atoms with van der Waals surface area (Å²) in [5.41, 5.74) is 0.428. The van der Waals surface area contributed by atoms with Crippen molar-refractivity contribution in [1.29, 1.82) is 0 Å². The summed E-state index contributed by atoms with van der Waals surface area (Å²) in [6, 6.07) is 5.53. The van der Waals surface area contributed by atoms with Crippen LogP contribution in [0.5, 0.6) is 5.75 Å². The van der Waals surface area contributed by atoms with Gasteiger partial charge in [-0.1, -0.05) is 11.6 Å². The van der Waals surface area contributed by atoms with Gasteiger partial charge in [0.05, 0.1) is 11.2 Å². The quantitative estimate of drug-likeness (QED) is 0.802. The van der Waals surface area contributed by atoms with Crippen LogP contribution in [0.25, 0.3) is 0 Å². The highest BCUT2D eigenvalue weighted by molar-refractivity contribution is 6.34. The van der Waals surface area contributed by atoms with Crippen LogP contribution in [0.15, 0.2) is 30.5 Å². The lowest BCUT2D eigenvalue weighted by atomic mass is 10.3. The number of carbonyl (C=O) groups excluding carboxylic acids is 1. The van der Waals surface area contributed by atoms with E-state index in [1.807, 2.05) is 18.7 Å². The molecule has 1 N–H and O–H groups in total. The van der Waals surface area contributed by atoms with E-state index >= 15 is 0 Å². The summed E-state index contributed by atoms with van der Waals surface area (Å²) >= 11 is 6.02. The fourth-order valence-corrected chi connectivity index (χ4v) is 2.26. The smallest absolute Gasteiger partial charge is 0.387 e. The number of ether oxygens (including phenoxy) is 1. The average Bonchev–Trinajstić information content (AvgIpc) is 2.58. The molecule has 1 amide bonds. The number of nitrogens with zero attached hydrogens (tertiary/aromatic N) is 3. The van der Waals surface area contributed by atoms with E-state index in [9.17, 15) is 13.6 Å². The van der Waals surface area contributed by atoms with Gasteiger partial charge in [0.2, 0.25) is 5.95 Å². The van der Waals surface area contributed by atoms with Crippen molar-refractivity contribution >= 4 is 29.1 Å². The molecule has 0 saturated carbocycles. The first kappa shape index (κ1) is 18.9. The van der Waals surface area contributed by atoms with E-state index in [1.54, 1.807) is 0 Å². The summed E-state index contributed by atoms with van der Waals surface area (Å²) in [6.07, 6.45) is 1.37. The lowest BCUT2D eigenvalue weighted by Crippen LogP contribution is -2.25. The zero-order chi connectivity index (χ0) is 18.4. The summed E-state index contributed by atoms with van der Waals surface area (Å²) in [6.45, 7) is 2.36. The molecule has 0 spiro atoms. The summed E-state index contributed by atoms with van der Waals surface area (Å²) < 4.78 is 28.5. The van der Waals surface area contributed by atoms with Crippen LogP contribution in [0.3, 0.4) is 0 Å².